The quantitative estimate of drug-likeness (QED) is 0.765. The molecule has 0 radical (unpaired) electrons. The molecule has 2 rings (SSSR count). The van der Waals surface area contributed by atoms with Gasteiger partial charge in [-0.3, -0.25) is 4.79 Å². The monoisotopic (exact) mass is 251 g/mol. The third kappa shape index (κ3) is 2.63. The van der Waals surface area contributed by atoms with E-state index < -0.39 is 0 Å². The largest absolute Gasteiger partial charge is 0.371 e. The molecule has 1 fully saturated rings. The molecule has 1 aliphatic heterocycles. The molecule has 92 valence electrons. The van der Waals surface area contributed by atoms with E-state index in [4.69, 9.17) is 11.6 Å². The molecule has 1 heterocycles. The van der Waals surface area contributed by atoms with E-state index in [1.165, 1.54) is 6.42 Å². The van der Waals surface area contributed by atoms with Crippen molar-refractivity contribution < 1.29 is 4.79 Å². The Morgan fingerprint density at radius 3 is 2.82 bits per heavy atom. The van der Waals surface area contributed by atoms with Gasteiger partial charge in [0, 0.05) is 29.4 Å². The molecule has 1 atom stereocenters. The lowest BCUT2D eigenvalue weighted by atomic mass is 9.95. The molecule has 2 nitrogen and oxygen atoms in total. The number of anilines is 1. The zero-order valence-electron chi connectivity index (χ0n) is 10.3. The summed E-state index contributed by atoms with van der Waals surface area (Å²) in [5.41, 5.74) is 1.72. The molecule has 1 aromatic rings. The van der Waals surface area contributed by atoms with Crippen molar-refractivity contribution in [1.29, 1.82) is 0 Å². The molecule has 1 unspecified atom stereocenters. The Morgan fingerprint density at radius 1 is 1.47 bits per heavy atom. The fourth-order valence-corrected chi connectivity index (χ4v) is 2.61. The van der Waals surface area contributed by atoms with Gasteiger partial charge in [-0.2, -0.15) is 0 Å². The summed E-state index contributed by atoms with van der Waals surface area (Å²) in [6.07, 6.45) is 2.11. The van der Waals surface area contributed by atoms with Crippen LogP contribution in [0, 0.1) is 11.8 Å². The van der Waals surface area contributed by atoms with Crippen molar-refractivity contribution in [2.75, 3.05) is 18.0 Å². The number of halogens is 1. The van der Waals surface area contributed by atoms with E-state index in [0.717, 1.165) is 30.6 Å². The highest BCUT2D eigenvalue weighted by Gasteiger charge is 2.26. The highest BCUT2D eigenvalue weighted by molar-refractivity contribution is 6.31. The van der Waals surface area contributed by atoms with Gasteiger partial charge >= 0.3 is 0 Å². The summed E-state index contributed by atoms with van der Waals surface area (Å²) in [5.74, 6) is 1.41. The number of benzene rings is 1. The average Bonchev–Trinajstić information content (AvgIpc) is 2.78. The highest BCUT2D eigenvalue weighted by Crippen LogP contribution is 2.31. The van der Waals surface area contributed by atoms with E-state index in [1.807, 2.05) is 6.07 Å². The summed E-state index contributed by atoms with van der Waals surface area (Å²) < 4.78 is 0. The minimum atomic E-state index is 0.693. The Morgan fingerprint density at radius 2 is 2.24 bits per heavy atom. The SMILES string of the molecule is CC(C)C1CCN(c2cc(Cl)ccc2C=O)C1. The van der Waals surface area contributed by atoms with Crippen LogP contribution in [0.3, 0.4) is 0 Å². The van der Waals surface area contributed by atoms with Crippen molar-refractivity contribution in [3.63, 3.8) is 0 Å². The predicted molar refractivity (Wildman–Crippen MR) is 72.0 cm³/mol. The van der Waals surface area contributed by atoms with Crippen LogP contribution < -0.4 is 4.90 Å². The van der Waals surface area contributed by atoms with Gasteiger partial charge < -0.3 is 4.90 Å². The second-order valence-corrected chi connectivity index (χ2v) is 5.50. The minimum absolute atomic E-state index is 0.693. The second kappa shape index (κ2) is 5.09. The molecule has 17 heavy (non-hydrogen) atoms. The van der Waals surface area contributed by atoms with Gasteiger partial charge in [-0.15, -0.1) is 0 Å². The first-order valence-electron chi connectivity index (χ1n) is 6.11. The molecule has 1 aliphatic rings. The van der Waals surface area contributed by atoms with Crippen LogP contribution in [0.4, 0.5) is 5.69 Å². The number of carbonyl (C=O) groups excluding carboxylic acids is 1. The van der Waals surface area contributed by atoms with Crippen LogP contribution in [0.25, 0.3) is 0 Å². The summed E-state index contributed by atoms with van der Waals surface area (Å²) in [4.78, 5) is 13.3. The third-order valence-electron chi connectivity index (χ3n) is 3.63. The van der Waals surface area contributed by atoms with Crippen LogP contribution in [0.5, 0.6) is 0 Å². The number of carbonyl (C=O) groups is 1. The van der Waals surface area contributed by atoms with Crippen LogP contribution in [-0.4, -0.2) is 19.4 Å². The normalized spacial score (nSPS) is 20.0. The maximum absolute atomic E-state index is 11.0. The van der Waals surface area contributed by atoms with Crippen LogP contribution in [0.2, 0.25) is 5.02 Å². The van der Waals surface area contributed by atoms with E-state index in [-0.39, 0.29) is 0 Å². The Bertz CT molecular complexity index is 417. The van der Waals surface area contributed by atoms with Gasteiger partial charge in [0.25, 0.3) is 0 Å². The van der Waals surface area contributed by atoms with Gasteiger partial charge in [0.2, 0.25) is 0 Å². The highest BCUT2D eigenvalue weighted by atomic mass is 35.5. The van der Waals surface area contributed by atoms with Crippen molar-refractivity contribution in [3.8, 4) is 0 Å². The van der Waals surface area contributed by atoms with Crippen molar-refractivity contribution in [3.05, 3.63) is 28.8 Å². The van der Waals surface area contributed by atoms with Crippen LogP contribution in [0.1, 0.15) is 30.6 Å². The first-order chi connectivity index (χ1) is 8.11. The van der Waals surface area contributed by atoms with Crippen LogP contribution in [-0.2, 0) is 0 Å². The van der Waals surface area contributed by atoms with E-state index in [1.54, 1.807) is 12.1 Å². The number of nitrogens with zero attached hydrogens (tertiary/aromatic N) is 1. The molecule has 1 saturated heterocycles. The molecular formula is C14H18ClNO. The molecule has 0 spiro atoms. The number of aldehydes is 1. The maximum atomic E-state index is 11.0. The topological polar surface area (TPSA) is 20.3 Å². The number of hydrogen-bond donors (Lipinski definition) is 0. The van der Waals surface area contributed by atoms with Crippen LogP contribution >= 0.6 is 11.6 Å². The van der Waals surface area contributed by atoms with Gasteiger partial charge in [-0.1, -0.05) is 25.4 Å². The second-order valence-electron chi connectivity index (χ2n) is 5.06. The van der Waals surface area contributed by atoms with Crippen molar-refractivity contribution in [1.82, 2.24) is 0 Å². The average molecular weight is 252 g/mol. The Hall–Kier alpha value is -1.02. The predicted octanol–water partition coefficient (Wildman–Crippen LogP) is 3.63. The van der Waals surface area contributed by atoms with E-state index >= 15 is 0 Å². The van der Waals surface area contributed by atoms with Crippen molar-refractivity contribution in [2.24, 2.45) is 11.8 Å². The maximum Gasteiger partial charge on any atom is 0.152 e. The lowest BCUT2D eigenvalue weighted by Gasteiger charge is -2.21. The molecule has 0 aromatic heterocycles. The zero-order valence-corrected chi connectivity index (χ0v) is 11.1. The number of rotatable bonds is 3. The Balaban J connectivity index is 2.23. The van der Waals surface area contributed by atoms with Gasteiger partial charge in [-0.25, -0.2) is 0 Å². The summed E-state index contributed by atoms with van der Waals surface area (Å²) in [6, 6.07) is 5.46. The Labute approximate surface area is 108 Å². The smallest absolute Gasteiger partial charge is 0.152 e. The first-order valence-corrected chi connectivity index (χ1v) is 6.49. The van der Waals surface area contributed by atoms with Crippen molar-refractivity contribution in [2.45, 2.75) is 20.3 Å². The van der Waals surface area contributed by atoms with Crippen LogP contribution in [0.15, 0.2) is 18.2 Å². The van der Waals surface area contributed by atoms with Gasteiger partial charge in [0.15, 0.2) is 6.29 Å². The molecule has 3 heteroatoms. The molecule has 1 aromatic carbocycles. The van der Waals surface area contributed by atoms with Crippen molar-refractivity contribution >= 4 is 23.6 Å². The summed E-state index contributed by atoms with van der Waals surface area (Å²) in [6.45, 7) is 6.56. The van der Waals surface area contributed by atoms with Gasteiger partial charge in [0.05, 0.1) is 0 Å². The fraction of sp³-hybridized carbons (Fsp3) is 0.500. The minimum Gasteiger partial charge on any atom is -0.371 e. The fourth-order valence-electron chi connectivity index (χ4n) is 2.44. The molecule has 0 saturated carbocycles. The van der Waals surface area contributed by atoms with E-state index in [0.29, 0.717) is 16.9 Å². The summed E-state index contributed by atoms with van der Waals surface area (Å²) >= 11 is 6.01. The zero-order chi connectivity index (χ0) is 12.4. The van der Waals surface area contributed by atoms with Gasteiger partial charge in [-0.05, 0) is 36.5 Å². The lowest BCUT2D eigenvalue weighted by Crippen LogP contribution is -2.22. The summed E-state index contributed by atoms with van der Waals surface area (Å²) in [5, 5.41) is 0.693. The molecule has 0 bridgehead atoms. The number of hydrogen-bond acceptors (Lipinski definition) is 2. The molecule has 0 aliphatic carbocycles. The van der Waals surface area contributed by atoms with E-state index in [9.17, 15) is 4.79 Å². The summed E-state index contributed by atoms with van der Waals surface area (Å²) in [7, 11) is 0. The Kier molecular flexibility index (Phi) is 3.72. The molecular weight excluding hydrogens is 234 g/mol. The third-order valence-corrected chi connectivity index (χ3v) is 3.86. The lowest BCUT2D eigenvalue weighted by molar-refractivity contribution is 0.112. The standard InChI is InChI=1S/C14H18ClNO/c1-10(2)11-5-6-16(8-11)14-7-13(15)4-3-12(14)9-17/h3-4,7,9-11H,5-6,8H2,1-2H3. The van der Waals surface area contributed by atoms with Gasteiger partial charge in [0.1, 0.15) is 0 Å². The molecule has 0 N–H and O–H groups in total. The molecule has 0 amide bonds. The first kappa shape index (κ1) is 12.4. The van der Waals surface area contributed by atoms with E-state index in [2.05, 4.69) is 18.7 Å².